The Hall–Kier alpha value is -3.72. The number of aromatic amines is 1. The third-order valence-corrected chi connectivity index (χ3v) is 6.18. The maximum Gasteiger partial charge on any atom is 0.266 e. The van der Waals surface area contributed by atoms with E-state index in [0.717, 1.165) is 35.4 Å². The van der Waals surface area contributed by atoms with E-state index in [-0.39, 0.29) is 17.4 Å². The number of aryl methyl sites for hydroxylation is 1. The highest BCUT2D eigenvalue weighted by Crippen LogP contribution is 2.28. The number of para-hydroxylation sites is 1. The van der Waals surface area contributed by atoms with Crippen LogP contribution in [0.2, 0.25) is 0 Å². The van der Waals surface area contributed by atoms with Crippen LogP contribution in [0.25, 0.3) is 16.5 Å². The van der Waals surface area contributed by atoms with Gasteiger partial charge in [0.1, 0.15) is 17.3 Å². The number of H-pyrrole nitrogens is 1. The van der Waals surface area contributed by atoms with Crippen LogP contribution in [0.15, 0.2) is 58.7 Å². The summed E-state index contributed by atoms with van der Waals surface area (Å²) in [5.74, 6) is 0.956. The smallest absolute Gasteiger partial charge is 0.266 e. The summed E-state index contributed by atoms with van der Waals surface area (Å²) in [6.07, 6.45) is 1.66. The highest BCUT2D eigenvalue weighted by molar-refractivity contribution is 7.13. The Morgan fingerprint density at radius 2 is 2.06 bits per heavy atom. The lowest BCUT2D eigenvalue weighted by atomic mass is 10.3. The third kappa shape index (κ3) is 3.94. The zero-order valence-electron chi connectivity index (χ0n) is 17.4. The number of carbonyl (C=O) groups excluding carboxylic acids is 1. The first-order chi connectivity index (χ1) is 15.6. The standard InChI is InChI=1S/C23H21N5O3S/c1-14(31-15-7-3-2-4-8-15)21(29)25-20-13-18(19-11-6-12-32-19)27-28(20)23-24-17-10-5-9-16(17)22(30)26-23/h2-4,6-8,11-14H,5,9-10H2,1H3,(H,25,29)(H,24,26,30). The molecule has 0 fully saturated rings. The molecule has 0 radical (unpaired) electrons. The van der Waals surface area contributed by atoms with Crippen LogP contribution in [0.5, 0.6) is 5.75 Å². The first-order valence-corrected chi connectivity index (χ1v) is 11.3. The van der Waals surface area contributed by atoms with Gasteiger partial charge in [0.2, 0.25) is 5.95 Å². The van der Waals surface area contributed by atoms with Crippen molar-refractivity contribution < 1.29 is 9.53 Å². The van der Waals surface area contributed by atoms with Crippen molar-refractivity contribution in [2.75, 3.05) is 5.32 Å². The van der Waals surface area contributed by atoms with Crippen molar-refractivity contribution >= 4 is 23.1 Å². The largest absolute Gasteiger partial charge is 0.481 e. The second kappa shape index (κ2) is 8.43. The molecular formula is C23H21N5O3S. The molecule has 9 heteroatoms. The average Bonchev–Trinajstić information content (AvgIpc) is 3.55. The first-order valence-electron chi connectivity index (χ1n) is 10.4. The summed E-state index contributed by atoms with van der Waals surface area (Å²) in [6, 6.07) is 14.8. The second-order valence-electron chi connectivity index (χ2n) is 7.53. The summed E-state index contributed by atoms with van der Waals surface area (Å²) in [5, 5.41) is 9.46. The molecule has 3 heterocycles. The number of hydrogen-bond acceptors (Lipinski definition) is 6. The van der Waals surface area contributed by atoms with Gasteiger partial charge >= 0.3 is 0 Å². The highest BCUT2D eigenvalue weighted by Gasteiger charge is 2.23. The minimum absolute atomic E-state index is 0.159. The monoisotopic (exact) mass is 447 g/mol. The topological polar surface area (TPSA) is 102 Å². The van der Waals surface area contributed by atoms with Gasteiger partial charge in [-0.3, -0.25) is 14.6 Å². The number of amides is 1. The summed E-state index contributed by atoms with van der Waals surface area (Å²) in [6.45, 7) is 1.68. The van der Waals surface area contributed by atoms with Crippen molar-refractivity contribution in [2.45, 2.75) is 32.3 Å². The van der Waals surface area contributed by atoms with Crippen LogP contribution < -0.4 is 15.6 Å². The number of fused-ring (bicyclic) bond motifs is 1. The van der Waals surface area contributed by atoms with E-state index < -0.39 is 6.10 Å². The van der Waals surface area contributed by atoms with Gasteiger partial charge in [-0.15, -0.1) is 11.3 Å². The fraction of sp³-hybridized carbons (Fsp3) is 0.217. The normalized spacial score (nSPS) is 13.5. The molecule has 3 aromatic heterocycles. The molecule has 1 aliphatic carbocycles. The maximum atomic E-state index is 12.9. The van der Waals surface area contributed by atoms with Gasteiger partial charge in [0.25, 0.3) is 11.5 Å². The van der Waals surface area contributed by atoms with Crippen molar-refractivity contribution in [1.29, 1.82) is 0 Å². The molecule has 1 atom stereocenters. The lowest BCUT2D eigenvalue weighted by Gasteiger charge is -2.15. The lowest BCUT2D eigenvalue weighted by molar-refractivity contribution is -0.122. The van der Waals surface area contributed by atoms with E-state index in [1.54, 1.807) is 25.1 Å². The number of aromatic nitrogens is 4. The Morgan fingerprint density at radius 3 is 2.84 bits per heavy atom. The molecule has 0 spiro atoms. The zero-order valence-corrected chi connectivity index (χ0v) is 18.2. The Labute approximate surface area is 187 Å². The van der Waals surface area contributed by atoms with Crippen LogP contribution in [0.1, 0.15) is 24.6 Å². The van der Waals surface area contributed by atoms with Gasteiger partial charge in [0.05, 0.1) is 10.6 Å². The highest BCUT2D eigenvalue weighted by atomic mass is 32.1. The second-order valence-corrected chi connectivity index (χ2v) is 8.48. The summed E-state index contributed by atoms with van der Waals surface area (Å²) in [7, 11) is 0. The van der Waals surface area contributed by atoms with Crippen LogP contribution >= 0.6 is 11.3 Å². The van der Waals surface area contributed by atoms with E-state index in [2.05, 4.69) is 20.4 Å². The summed E-state index contributed by atoms with van der Waals surface area (Å²) in [5.41, 5.74) is 2.04. The van der Waals surface area contributed by atoms with Crippen molar-refractivity contribution in [1.82, 2.24) is 19.7 Å². The van der Waals surface area contributed by atoms with Gasteiger partial charge < -0.3 is 10.1 Å². The fourth-order valence-corrected chi connectivity index (χ4v) is 4.37. The maximum absolute atomic E-state index is 12.9. The van der Waals surface area contributed by atoms with Gasteiger partial charge in [-0.1, -0.05) is 24.3 Å². The van der Waals surface area contributed by atoms with Gasteiger partial charge in [-0.05, 0) is 49.8 Å². The van der Waals surface area contributed by atoms with Crippen LogP contribution in [-0.2, 0) is 17.6 Å². The van der Waals surface area contributed by atoms with Crippen LogP contribution in [-0.4, -0.2) is 31.8 Å². The number of nitrogens with one attached hydrogen (secondary N) is 2. The van der Waals surface area contributed by atoms with E-state index in [9.17, 15) is 9.59 Å². The minimum atomic E-state index is -0.738. The van der Waals surface area contributed by atoms with E-state index in [4.69, 9.17) is 4.74 Å². The third-order valence-electron chi connectivity index (χ3n) is 5.29. The summed E-state index contributed by atoms with van der Waals surface area (Å²) >= 11 is 1.54. The van der Waals surface area contributed by atoms with Crippen molar-refractivity contribution in [3.05, 3.63) is 75.5 Å². The minimum Gasteiger partial charge on any atom is -0.481 e. The van der Waals surface area contributed by atoms with Gasteiger partial charge in [-0.25, -0.2) is 4.98 Å². The lowest BCUT2D eigenvalue weighted by Crippen LogP contribution is -2.31. The van der Waals surface area contributed by atoms with Crippen LogP contribution in [0.3, 0.4) is 0 Å². The number of rotatable bonds is 6. The molecule has 32 heavy (non-hydrogen) atoms. The van der Waals surface area contributed by atoms with Crippen LogP contribution in [0.4, 0.5) is 5.82 Å². The molecule has 2 N–H and O–H groups in total. The number of anilines is 1. The molecule has 0 aliphatic heterocycles. The fourth-order valence-electron chi connectivity index (χ4n) is 3.69. The molecule has 162 valence electrons. The summed E-state index contributed by atoms with van der Waals surface area (Å²) in [4.78, 5) is 33.8. The molecule has 1 aromatic carbocycles. The molecule has 8 nitrogen and oxygen atoms in total. The average molecular weight is 448 g/mol. The van der Waals surface area contributed by atoms with Crippen molar-refractivity contribution in [3.8, 4) is 22.3 Å². The van der Waals surface area contributed by atoms with Gasteiger partial charge in [0.15, 0.2) is 6.10 Å². The van der Waals surface area contributed by atoms with E-state index in [1.807, 2.05) is 35.7 Å². The number of benzene rings is 1. The van der Waals surface area contributed by atoms with E-state index in [1.165, 1.54) is 16.0 Å². The molecule has 1 amide bonds. The number of nitrogens with zero attached hydrogens (tertiary/aromatic N) is 3. The SMILES string of the molecule is CC(Oc1ccccc1)C(=O)Nc1cc(-c2cccs2)nn1-c1nc2c(c(=O)[nH]1)CCC2. The molecule has 1 aliphatic rings. The number of carbonyl (C=O) groups is 1. The Morgan fingerprint density at radius 1 is 1.22 bits per heavy atom. The molecule has 4 aromatic rings. The molecule has 5 rings (SSSR count). The van der Waals surface area contributed by atoms with Crippen molar-refractivity contribution in [3.63, 3.8) is 0 Å². The van der Waals surface area contributed by atoms with E-state index >= 15 is 0 Å². The van der Waals surface area contributed by atoms with Crippen LogP contribution in [0, 0.1) is 0 Å². The van der Waals surface area contributed by atoms with Gasteiger partial charge in [0, 0.05) is 11.6 Å². The predicted molar refractivity (Wildman–Crippen MR) is 122 cm³/mol. The summed E-state index contributed by atoms with van der Waals surface area (Å²) < 4.78 is 7.21. The zero-order chi connectivity index (χ0) is 22.1. The van der Waals surface area contributed by atoms with E-state index in [0.29, 0.717) is 17.3 Å². The number of hydrogen-bond donors (Lipinski definition) is 2. The number of thiophene rings is 1. The Kier molecular flexibility index (Phi) is 5.32. The Bertz CT molecular complexity index is 1310. The quantitative estimate of drug-likeness (QED) is 0.470. The molecule has 0 bridgehead atoms. The van der Waals surface area contributed by atoms with Gasteiger partial charge in [-0.2, -0.15) is 9.78 Å². The Balaban J connectivity index is 1.48. The van der Waals surface area contributed by atoms with Crippen molar-refractivity contribution in [2.24, 2.45) is 0 Å². The molecular weight excluding hydrogens is 426 g/mol. The predicted octanol–water partition coefficient (Wildman–Crippen LogP) is 3.58. The molecule has 0 saturated carbocycles. The number of ether oxygens (including phenoxy) is 1. The molecule has 1 unspecified atom stereocenters. The first kappa shape index (κ1) is 20.2. The molecule has 0 saturated heterocycles.